The summed E-state index contributed by atoms with van der Waals surface area (Å²) >= 11 is 1.10. The van der Waals surface area contributed by atoms with Crippen molar-refractivity contribution in [3.63, 3.8) is 0 Å². The van der Waals surface area contributed by atoms with Gasteiger partial charge in [-0.25, -0.2) is 8.42 Å². The highest BCUT2D eigenvalue weighted by Crippen LogP contribution is 2.28. The number of carbonyl (C=O) groups is 2. The monoisotopic (exact) mass is 478 g/mol. The van der Waals surface area contributed by atoms with Crippen LogP contribution >= 0.6 is 11.3 Å². The Hall–Kier alpha value is -3.18. The molecule has 0 aliphatic carbocycles. The number of carbonyl (C=O) groups excluding carboxylic acids is 2. The number of hydrogen-bond donors (Lipinski definition) is 0. The van der Waals surface area contributed by atoms with Crippen LogP contribution in [-0.2, 0) is 25.9 Å². The van der Waals surface area contributed by atoms with Crippen LogP contribution < -0.4 is 14.3 Å². The van der Waals surface area contributed by atoms with Crippen LogP contribution in [0.15, 0.2) is 46.3 Å². The second-order valence-corrected chi connectivity index (χ2v) is 9.69. The number of sulfone groups is 1. The smallest absolute Gasteiger partial charge is 0.326 e. The SMILES string of the molecule is CCOC(=O)Cn1c(=NC(=O)c2ccc(OC)c(OC)c2)sc2cc(S(C)(=O)=O)ccc21. The summed E-state index contributed by atoms with van der Waals surface area (Å²) in [4.78, 5) is 29.6. The van der Waals surface area contributed by atoms with Gasteiger partial charge in [-0.15, -0.1) is 0 Å². The van der Waals surface area contributed by atoms with E-state index in [1.54, 1.807) is 25.1 Å². The van der Waals surface area contributed by atoms with E-state index in [0.29, 0.717) is 21.7 Å². The van der Waals surface area contributed by atoms with Gasteiger partial charge in [-0.1, -0.05) is 11.3 Å². The summed E-state index contributed by atoms with van der Waals surface area (Å²) in [6, 6.07) is 9.19. The molecule has 0 unspecified atom stereocenters. The van der Waals surface area contributed by atoms with Crippen LogP contribution in [0.1, 0.15) is 17.3 Å². The van der Waals surface area contributed by atoms with Crippen molar-refractivity contribution in [1.82, 2.24) is 4.57 Å². The molecule has 0 atom stereocenters. The fraction of sp³-hybridized carbons (Fsp3) is 0.286. The van der Waals surface area contributed by atoms with Gasteiger partial charge in [-0.3, -0.25) is 9.59 Å². The number of amides is 1. The average Bonchev–Trinajstić information content (AvgIpc) is 3.08. The van der Waals surface area contributed by atoms with Crippen LogP contribution in [-0.4, -0.2) is 51.9 Å². The summed E-state index contributed by atoms with van der Waals surface area (Å²) in [6.07, 6.45) is 1.11. The summed E-state index contributed by atoms with van der Waals surface area (Å²) < 4.78 is 41.4. The first-order valence-corrected chi connectivity index (χ1v) is 12.2. The number of fused-ring (bicyclic) bond motifs is 1. The second kappa shape index (κ2) is 9.53. The van der Waals surface area contributed by atoms with E-state index < -0.39 is 21.7 Å². The molecule has 0 radical (unpaired) electrons. The zero-order valence-corrected chi connectivity index (χ0v) is 19.6. The van der Waals surface area contributed by atoms with E-state index in [9.17, 15) is 18.0 Å². The topological polar surface area (TPSA) is 113 Å². The molecule has 0 aliphatic heterocycles. The van der Waals surface area contributed by atoms with Crippen molar-refractivity contribution >= 4 is 43.3 Å². The van der Waals surface area contributed by atoms with Crippen molar-refractivity contribution < 1.29 is 32.2 Å². The van der Waals surface area contributed by atoms with Gasteiger partial charge in [-0.05, 0) is 43.3 Å². The maximum atomic E-state index is 12.9. The summed E-state index contributed by atoms with van der Waals surface area (Å²) in [5, 5.41) is 0. The minimum absolute atomic E-state index is 0.132. The molecule has 9 nitrogen and oxygen atoms in total. The van der Waals surface area contributed by atoms with Crippen LogP contribution in [0.3, 0.4) is 0 Å². The lowest BCUT2D eigenvalue weighted by atomic mass is 10.2. The number of thiazole rings is 1. The standard InChI is InChI=1S/C21H22N2O7S2/c1-5-30-19(24)12-23-15-8-7-14(32(4,26)27)11-18(15)31-21(23)22-20(25)13-6-9-16(28-2)17(10-13)29-3/h6-11H,5,12H2,1-4H3. The highest BCUT2D eigenvalue weighted by molar-refractivity contribution is 7.90. The predicted molar refractivity (Wildman–Crippen MR) is 119 cm³/mol. The lowest BCUT2D eigenvalue weighted by Crippen LogP contribution is -2.23. The van der Waals surface area contributed by atoms with Crippen molar-refractivity contribution in [3.05, 3.63) is 46.8 Å². The fourth-order valence-electron chi connectivity index (χ4n) is 2.98. The molecule has 1 aromatic heterocycles. The first-order valence-electron chi connectivity index (χ1n) is 9.48. The van der Waals surface area contributed by atoms with Gasteiger partial charge in [0.2, 0.25) is 0 Å². The van der Waals surface area contributed by atoms with Crippen molar-refractivity contribution in [2.24, 2.45) is 4.99 Å². The number of methoxy groups -OCH3 is 2. The zero-order chi connectivity index (χ0) is 23.5. The van der Waals surface area contributed by atoms with Crippen molar-refractivity contribution in [3.8, 4) is 11.5 Å². The molecule has 0 saturated carbocycles. The Balaban J connectivity index is 2.15. The minimum Gasteiger partial charge on any atom is -0.493 e. The van der Waals surface area contributed by atoms with Crippen LogP contribution in [0.4, 0.5) is 0 Å². The van der Waals surface area contributed by atoms with E-state index in [0.717, 1.165) is 17.6 Å². The Morgan fingerprint density at radius 1 is 1.06 bits per heavy atom. The maximum absolute atomic E-state index is 12.9. The Bertz CT molecular complexity index is 1350. The molecule has 0 aliphatic rings. The fourth-order valence-corrected chi connectivity index (χ4v) is 4.77. The lowest BCUT2D eigenvalue weighted by Gasteiger charge is -2.08. The van der Waals surface area contributed by atoms with E-state index in [4.69, 9.17) is 14.2 Å². The number of benzene rings is 2. The first-order chi connectivity index (χ1) is 15.2. The summed E-state index contributed by atoms with van der Waals surface area (Å²) in [7, 11) is -0.477. The number of esters is 1. The van der Waals surface area contributed by atoms with Gasteiger partial charge in [0, 0.05) is 11.8 Å². The number of hydrogen-bond acceptors (Lipinski definition) is 8. The summed E-state index contributed by atoms with van der Waals surface area (Å²) in [5.41, 5.74) is 0.828. The molecule has 0 spiro atoms. The minimum atomic E-state index is -3.43. The van der Waals surface area contributed by atoms with Crippen molar-refractivity contribution in [2.45, 2.75) is 18.4 Å². The molecule has 0 saturated heterocycles. The van der Waals surface area contributed by atoms with E-state index in [-0.39, 0.29) is 28.4 Å². The van der Waals surface area contributed by atoms with Crippen LogP contribution in [0.2, 0.25) is 0 Å². The Kier molecular flexibility index (Phi) is 6.99. The van der Waals surface area contributed by atoms with Gasteiger partial charge in [0.25, 0.3) is 5.91 Å². The molecule has 0 N–H and O–H groups in total. The largest absolute Gasteiger partial charge is 0.493 e. The molecular formula is C21H22N2O7S2. The second-order valence-electron chi connectivity index (χ2n) is 6.66. The van der Waals surface area contributed by atoms with Gasteiger partial charge in [0.05, 0.1) is 35.9 Å². The molecule has 2 aromatic carbocycles. The van der Waals surface area contributed by atoms with E-state index >= 15 is 0 Å². The molecular weight excluding hydrogens is 456 g/mol. The molecule has 0 fully saturated rings. The molecule has 170 valence electrons. The first kappa shape index (κ1) is 23.5. The van der Waals surface area contributed by atoms with E-state index in [1.807, 2.05) is 0 Å². The van der Waals surface area contributed by atoms with Gasteiger partial charge in [0.15, 0.2) is 26.1 Å². The Morgan fingerprint density at radius 3 is 2.41 bits per heavy atom. The van der Waals surface area contributed by atoms with E-state index in [2.05, 4.69) is 4.99 Å². The Morgan fingerprint density at radius 2 is 1.78 bits per heavy atom. The highest BCUT2D eigenvalue weighted by atomic mass is 32.2. The third kappa shape index (κ3) is 5.00. The number of ether oxygens (including phenoxy) is 3. The van der Waals surface area contributed by atoms with Crippen LogP contribution in [0.5, 0.6) is 11.5 Å². The van der Waals surface area contributed by atoms with Crippen molar-refractivity contribution in [1.29, 1.82) is 0 Å². The number of aromatic nitrogens is 1. The summed E-state index contributed by atoms with van der Waals surface area (Å²) in [6.45, 7) is 1.72. The molecule has 1 amide bonds. The number of rotatable bonds is 7. The quantitative estimate of drug-likeness (QED) is 0.479. The van der Waals surface area contributed by atoms with Gasteiger partial charge >= 0.3 is 5.97 Å². The molecule has 3 rings (SSSR count). The zero-order valence-electron chi connectivity index (χ0n) is 17.9. The van der Waals surface area contributed by atoms with E-state index in [1.165, 1.54) is 37.0 Å². The van der Waals surface area contributed by atoms with Crippen LogP contribution in [0, 0.1) is 0 Å². The van der Waals surface area contributed by atoms with Gasteiger partial charge in [0.1, 0.15) is 6.54 Å². The van der Waals surface area contributed by atoms with Gasteiger partial charge < -0.3 is 18.8 Å². The maximum Gasteiger partial charge on any atom is 0.326 e. The third-order valence-corrected chi connectivity index (χ3v) is 6.65. The normalized spacial score (nSPS) is 12.1. The molecule has 3 aromatic rings. The lowest BCUT2D eigenvalue weighted by molar-refractivity contribution is -0.143. The molecule has 32 heavy (non-hydrogen) atoms. The van der Waals surface area contributed by atoms with Crippen molar-refractivity contribution in [2.75, 3.05) is 27.1 Å². The third-order valence-electron chi connectivity index (χ3n) is 4.50. The van der Waals surface area contributed by atoms with Gasteiger partial charge in [-0.2, -0.15) is 4.99 Å². The highest BCUT2D eigenvalue weighted by Gasteiger charge is 2.16. The average molecular weight is 479 g/mol. The molecule has 11 heteroatoms. The Labute approximate surface area is 188 Å². The van der Waals surface area contributed by atoms with Crippen LogP contribution in [0.25, 0.3) is 10.2 Å². The molecule has 1 heterocycles. The molecule has 0 bridgehead atoms. The predicted octanol–water partition coefficient (Wildman–Crippen LogP) is 2.43. The number of nitrogens with zero attached hydrogens (tertiary/aromatic N) is 2. The summed E-state index contributed by atoms with van der Waals surface area (Å²) in [5.74, 6) is -0.212.